The number of rotatable bonds is 4. The average molecular weight is 287 g/mol. The molecule has 3 rings (SSSR count). The van der Waals surface area contributed by atoms with Crippen LogP contribution in [0.2, 0.25) is 0 Å². The Morgan fingerprint density at radius 1 is 1.19 bits per heavy atom. The largest absolute Gasteiger partial charge is 0.378 e. The molecule has 0 spiro atoms. The number of hydrogen-bond donors (Lipinski definition) is 0. The zero-order valence-electron chi connectivity index (χ0n) is 12.7. The van der Waals surface area contributed by atoms with Gasteiger partial charge in [-0.1, -0.05) is 30.3 Å². The highest BCUT2D eigenvalue weighted by Gasteiger charge is 2.27. The predicted octanol–water partition coefficient (Wildman–Crippen LogP) is 3.35. The van der Waals surface area contributed by atoms with Gasteiger partial charge in [0.15, 0.2) is 0 Å². The molecule has 21 heavy (non-hydrogen) atoms. The summed E-state index contributed by atoms with van der Waals surface area (Å²) in [7, 11) is 0. The molecule has 1 aromatic carbocycles. The Morgan fingerprint density at radius 3 is 2.81 bits per heavy atom. The number of benzene rings is 1. The molecular weight excluding hydrogens is 262 g/mol. The van der Waals surface area contributed by atoms with E-state index in [1.165, 1.54) is 18.4 Å². The van der Waals surface area contributed by atoms with Crippen molar-refractivity contribution in [1.82, 2.24) is 4.90 Å². The summed E-state index contributed by atoms with van der Waals surface area (Å²) in [5.41, 5.74) is 1.36. The highest BCUT2D eigenvalue weighted by atomic mass is 16.5. The molecule has 0 aliphatic carbocycles. The van der Waals surface area contributed by atoms with E-state index in [2.05, 4.69) is 24.3 Å². The van der Waals surface area contributed by atoms with Gasteiger partial charge in [-0.05, 0) is 37.7 Å². The Hall–Kier alpha value is -1.35. The summed E-state index contributed by atoms with van der Waals surface area (Å²) in [6, 6.07) is 10.6. The molecule has 2 fully saturated rings. The van der Waals surface area contributed by atoms with Gasteiger partial charge in [0, 0.05) is 32.0 Å². The second-order valence-electron chi connectivity index (χ2n) is 6.26. The van der Waals surface area contributed by atoms with E-state index in [1.54, 1.807) is 0 Å². The Bertz CT molecular complexity index is 454. The maximum absolute atomic E-state index is 12.3. The molecule has 0 radical (unpaired) electrons. The van der Waals surface area contributed by atoms with E-state index in [9.17, 15) is 4.79 Å². The molecular formula is C18H25NO2. The van der Waals surface area contributed by atoms with Gasteiger partial charge in [0.05, 0.1) is 6.10 Å². The van der Waals surface area contributed by atoms with Crippen LogP contribution in [0.15, 0.2) is 30.3 Å². The molecule has 2 atom stereocenters. The van der Waals surface area contributed by atoms with E-state index in [-0.39, 0.29) is 0 Å². The van der Waals surface area contributed by atoms with Crippen molar-refractivity contribution >= 4 is 5.91 Å². The standard InChI is InChI=1S/C18H25NO2/c20-18(10-9-17-8-4-5-13-21-17)19-12-11-16(14-19)15-6-2-1-3-7-15/h1-3,6-7,16-17H,4-5,8-14H2. The van der Waals surface area contributed by atoms with Crippen molar-refractivity contribution in [3.8, 4) is 0 Å². The van der Waals surface area contributed by atoms with Gasteiger partial charge in [-0.25, -0.2) is 0 Å². The molecule has 2 heterocycles. The van der Waals surface area contributed by atoms with Crippen molar-refractivity contribution in [2.45, 2.75) is 50.5 Å². The minimum Gasteiger partial charge on any atom is -0.378 e. The van der Waals surface area contributed by atoms with Crippen LogP contribution in [0.3, 0.4) is 0 Å². The summed E-state index contributed by atoms with van der Waals surface area (Å²) < 4.78 is 5.71. The number of ether oxygens (including phenoxy) is 1. The number of carbonyl (C=O) groups excluding carboxylic acids is 1. The van der Waals surface area contributed by atoms with Crippen LogP contribution in [0.1, 0.15) is 50.0 Å². The number of hydrogen-bond acceptors (Lipinski definition) is 2. The smallest absolute Gasteiger partial charge is 0.222 e. The summed E-state index contributed by atoms with van der Waals surface area (Å²) in [5, 5.41) is 0. The zero-order valence-corrected chi connectivity index (χ0v) is 12.7. The summed E-state index contributed by atoms with van der Waals surface area (Å²) in [4.78, 5) is 14.4. The van der Waals surface area contributed by atoms with E-state index >= 15 is 0 Å². The first-order chi connectivity index (χ1) is 10.3. The van der Waals surface area contributed by atoms with E-state index < -0.39 is 0 Å². The molecule has 0 bridgehead atoms. The minimum atomic E-state index is 0.308. The number of amides is 1. The van der Waals surface area contributed by atoms with Gasteiger partial charge in [-0.3, -0.25) is 4.79 Å². The first-order valence-corrected chi connectivity index (χ1v) is 8.27. The minimum absolute atomic E-state index is 0.308. The number of likely N-dealkylation sites (tertiary alicyclic amines) is 1. The second kappa shape index (κ2) is 7.08. The van der Waals surface area contributed by atoms with Crippen molar-refractivity contribution in [3.63, 3.8) is 0 Å². The second-order valence-corrected chi connectivity index (χ2v) is 6.26. The van der Waals surface area contributed by atoms with Gasteiger partial charge >= 0.3 is 0 Å². The maximum Gasteiger partial charge on any atom is 0.222 e. The lowest BCUT2D eigenvalue weighted by Gasteiger charge is -2.23. The fourth-order valence-electron chi connectivity index (χ4n) is 3.46. The van der Waals surface area contributed by atoms with Gasteiger partial charge in [0.25, 0.3) is 0 Å². The monoisotopic (exact) mass is 287 g/mol. The third-order valence-corrected chi connectivity index (χ3v) is 4.77. The number of nitrogens with zero attached hydrogens (tertiary/aromatic N) is 1. The lowest BCUT2D eigenvalue weighted by atomic mass is 9.99. The summed E-state index contributed by atoms with van der Waals surface area (Å²) >= 11 is 0. The van der Waals surface area contributed by atoms with Gasteiger partial charge < -0.3 is 9.64 Å². The van der Waals surface area contributed by atoms with Crippen LogP contribution in [0.4, 0.5) is 0 Å². The first-order valence-electron chi connectivity index (χ1n) is 8.27. The van der Waals surface area contributed by atoms with Crippen molar-refractivity contribution in [3.05, 3.63) is 35.9 Å². The molecule has 2 aliphatic rings. The van der Waals surface area contributed by atoms with Gasteiger partial charge in [-0.2, -0.15) is 0 Å². The lowest BCUT2D eigenvalue weighted by molar-refractivity contribution is -0.131. The molecule has 0 saturated carbocycles. The van der Waals surface area contributed by atoms with Crippen molar-refractivity contribution < 1.29 is 9.53 Å². The van der Waals surface area contributed by atoms with Crippen LogP contribution in [0.25, 0.3) is 0 Å². The van der Waals surface area contributed by atoms with Gasteiger partial charge in [0.2, 0.25) is 5.91 Å². The zero-order chi connectivity index (χ0) is 14.5. The van der Waals surface area contributed by atoms with Crippen LogP contribution in [0, 0.1) is 0 Å². The topological polar surface area (TPSA) is 29.5 Å². The van der Waals surface area contributed by atoms with Crippen LogP contribution in [-0.4, -0.2) is 36.6 Å². The maximum atomic E-state index is 12.3. The van der Waals surface area contributed by atoms with Crippen LogP contribution in [0.5, 0.6) is 0 Å². The molecule has 114 valence electrons. The van der Waals surface area contributed by atoms with Gasteiger partial charge in [-0.15, -0.1) is 0 Å². The van der Waals surface area contributed by atoms with E-state index in [1.807, 2.05) is 11.0 Å². The lowest BCUT2D eigenvalue weighted by Crippen LogP contribution is -2.30. The molecule has 2 aliphatic heterocycles. The highest BCUT2D eigenvalue weighted by molar-refractivity contribution is 5.76. The van der Waals surface area contributed by atoms with Gasteiger partial charge in [0.1, 0.15) is 0 Å². The Labute approximate surface area is 127 Å². The first kappa shape index (κ1) is 14.6. The van der Waals surface area contributed by atoms with Crippen molar-refractivity contribution in [2.75, 3.05) is 19.7 Å². The average Bonchev–Trinajstić information content (AvgIpc) is 3.04. The van der Waals surface area contributed by atoms with E-state index in [0.717, 1.165) is 39.0 Å². The molecule has 2 saturated heterocycles. The van der Waals surface area contributed by atoms with Crippen LogP contribution < -0.4 is 0 Å². The summed E-state index contributed by atoms with van der Waals surface area (Å²) in [6.07, 6.45) is 6.50. The van der Waals surface area contributed by atoms with E-state index in [0.29, 0.717) is 24.3 Å². The molecule has 3 nitrogen and oxygen atoms in total. The van der Waals surface area contributed by atoms with Crippen molar-refractivity contribution in [1.29, 1.82) is 0 Å². The Kier molecular flexibility index (Phi) is 4.91. The third kappa shape index (κ3) is 3.85. The van der Waals surface area contributed by atoms with Crippen LogP contribution >= 0.6 is 0 Å². The molecule has 0 aromatic heterocycles. The fourth-order valence-corrected chi connectivity index (χ4v) is 3.46. The summed E-state index contributed by atoms with van der Waals surface area (Å²) in [5.74, 6) is 0.823. The Balaban J connectivity index is 1.46. The quantitative estimate of drug-likeness (QED) is 0.850. The normalized spacial score (nSPS) is 26.0. The fraction of sp³-hybridized carbons (Fsp3) is 0.611. The van der Waals surface area contributed by atoms with Crippen LogP contribution in [-0.2, 0) is 9.53 Å². The number of carbonyl (C=O) groups is 1. The van der Waals surface area contributed by atoms with Crippen molar-refractivity contribution in [2.24, 2.45) is 0 Å². The predicted molar refractivity (Wildman–Crippen MR) is 83.2 cm³/mol. The summed E-state index contributed by atoms with van der Waals surface area (Å²) in [6.45, 7) is 2.66. The molecule has 0 N–H and O–H groups in total. The molecule has 2 unspecified atom stereocenters. The molecule has 1 amide bonds. The molecule has 1 aromatic rings. The highest BCUT2D eigenvalue weighted by Crippen LogP contribution is 2.27. The van der Waals surface area contributed by atoms with E-state index in [4.69, 9.17) is 4.74 Å². The SMILES string of the molecule is O=C(CCC1CCCCO1)N1CCC(c2ccccc2)C1. The Morgan fingerprint density at radius 2 is 2.05 bits per heavy atom. The third-order valence-electron chi connectivity index (χ3n) is 4.77. The molecule has 3 heteroatoms.